The van der Waals surface area contributed by atoms with Crippen LogP contribution in [0.15, 0.2) is 0 Å². The predicted molar refractivity (Wildman–Crippen MR) is 80.3 cm³/mol. The SMILES string of the molecule is CC(C)C1CCC(NCC(O)CN2CCCC2)CC1. The molecule has 0 aromatic rings. The number of rotatable bonds is 6. The van der Waals surface area contributed by atoms with Crippen molar-refractivity contribution in [3.63, 3.8) is 0 Å². The van der Waals surface area contributed by atoms with Crippen LogP contribution in [0.25, 0.3) is 0 Å². The van der Waals surface area contributed by atoms with E-state index >= 15 is 0 Å². The van der Waals surface area contributed by atoms with Crippen LogP contribution < -0.4 is 5.32 Å². The standard InChI is InChI=1S/C16H32N2O/c1-13(2)14-5-7-15(8-6-14)17-11-16(19)12-18-9-3-4-10-18/h13-17,19H,3-12H2,1-2H3. The summed E-state index contributed by atoms with van der Waals surface area (Å²) in [5.41, 5.74) is 0. The van der Waals surface area contributed by atoms with Crippen molar-refractivity contribution in [2.45, 2.75) is 64.5 Å². The van der Waals surface area contributed by atoms with Crippen molar-refractivity contribution in [1.29, 1.82) is 0 Å². The molecule has 0 aromatic heterocycles. The summed E-state index contributed by atoms with van der Waals surface area (Å²) in [5.74, 6) is 1.76. The van der Waals surface area contributed by atoms with Crippen LogP contribution in [-0.4, -0.2) is 48.3 Å². The molecule has 3 nitrogen and oxygen atoms in total. The summed E-state index contributed by atoms with van der Waals surface area (Å²) in [4.78, 5) is 2.39. The van der Waals surface area contributed by atoms with Crippen LogP contribution in [0.3, 0.4) is 0 Å². The number of hydrogen-bond acceptors (Lipinski definition) is 3. The quantitative estimate of drug-likeness (QED) is 0.775. The maximum atomic E-state index is 10.1. The fraction of sp³-hybridized carbons (Fsp3) is 1.00. The molecule has 19 heavy (non-hydrogen) atoms. The number of nitrogens with zero attached hydrogens (tertiary/aromatic N) is 1. The Hall–Kier alpha value is -0.120. The zero-order valence-electron chi connectivity index (χ0n) is 12.8. The number of β-amino-alcohol motifs (C(OH)–C–C–N with tert-alkyl or cyclic N) is 1. The fourth-order valence-electron chi connectivity index (χ4n) is 3.62. The molecule has 0 aromatic carbocycles. The van der Waals surface area contributed by atoms with Crippen molar-refractivity contribution in [2.75, 3.05) is 26.2 Å². The highest BCUT2D eigenvalue weighted by Crippen LogP contribution is 2.29. The lowest BCUT2D eigenvalue weighted by molar-refractivity contribution is 0.115. The van der Waals surface area contributed by atoms with Gasteiger partial charge in [0.25, 0.3) is 0 Å². The smallest absolute Gasteiger partial charge is 0.0791 e. The summed E-state index contributed by atoms with van der Waals surface area (Å²) in [7, 11) is 0. The first-order valence-electron chi connectivity index (χ1n) is 8.29. The molecule has 3 heteroatoms. The van der Waals surface area contributed by atoms with Gasteiger partial charge < -0.3 is 15.3 Å². The Balaban J connectivity index is 1.58. The second kappa shape index (κ2) is 7.61. The number of aliphatic hydroxyl groups excluding tert-OH is 1. The monoisotopic (exact) mass is 268 g/mol. The molecule has 2 fully saturated rings. The van der Waals surface area contributed by atoms with Crippen LogP contribution in [0.4, 0.5) is 0 Å². The molecule has 1 aliphatic carbocycles. The maximum Gasteiger partial charge on any atom is 0.0791 e. The second-order valence-electron chi connectivity index (χ2n) is 6.93. The first kappa shape index (κ1) is 15.3. The first-order valence-corrected chi connectivity index (χ1v) is 8.29. The van der Waals surface area contributed by atoms with Crippen LogP contribution in [0.5, 0.6) is 0 Å². The summed E-state index contributed by atoms with van der Waals surface area (Å²) >= 11 is 0. The second-order valence-corrected chi connectivity index (χ2v) is 6.93. The molecule has 1 unspecified atom stereocenters. The summed E-state index contributed by atoms with van der Waals surface area (Å²) in [6.45, 7) is 8.67. The number of likely N-dealkylation sites (tertiary alicyclic amines) is 1. The van der Waals surface area contributed by atoms with Gasteiger partial charge in [0.1, 0.15) is 0 Å². The average Bonchev–Trinajstić information content (AvgIpc) is 2.89. The largest absolute Gasteiger partial charge is 0.390 e. The lowest BCUT2D eigenvalue weighted by Gasteiger charge is -2.32. The third-order valence-electron chi connectivity index (χ3n) is 5.02. The number of aliphatic hydroxyl groups is 1. The van der Waals surface area contributed by atoms with Crippen molar-refractivity contribution in [3.8, 4) is 0 Å². The normalized spacial score (nSPS) is 30.9. The summed E-state index contributed by atoms with van der Waals surface area (Å²) in [6.07, 6.45) is 7.72. The van der Waals surface area contributed by atoms with E-state index in [0.717, 1.165) is 24.9 Å². The van der Waals surface area contributed by atoms with Crippen molar-refractivity contribution >= 4 is 0 Å². The lowest BCUT2D eigenvalue weighted by atomic mass is 9.80. The van der Waals surface area contributed by atoms with Crippen molar-refractivity contribution in [2.24, 2.45) is 11.8 Å². The van der Waals surface area contributed by atoms with E-state index in [1.165, 1.54) is 51.6 Å². The third-order valence-corrected chi connectivity index (χ3v) is 5.02. The Morgan fingerprint density at radius 2 is 1.74 bits per heavy atom. The molecule has 2 aliphatic rings. The number of nitrogens with one attached hydrogen (secondary N) is 1. The molecule has 112 valence electrons. The Labute approximate surface area is 118 Å². The molecular formula is C16H32N2O. The lowest BCUT2D eigenvalue weighted by Crippen LogP contribution is -2.42. The molecular weight excluding hydrogens is 236 g/mol. The summed E-state index contributed by atoms with van der Waals surface area (Å²) in [5, 5.41) is 13.7. The molecule has 0 amide bonds. The highest BCUT2D eigenvalue weighted by Gasteiger charge is 2.23. The molecule has 1 saturated carbocycles. The van der Waals surface area contributed by atoms with Crippen molar-refractivity contribution < 1.29 is 5.11 Å². The molecule has 1 aliphatic heterocycles. The van der Waals surface area contributed by atoms with E-state index in [1.54, 1.807) is 0 Å². The Morgan fingerprint density at radius 1 is 1.11 bits per heavy atom. The van der Waals surface area contributed by atoms with Gasteiger partial charge in [-0.15, -0.1) is 0 Å². The van der Waals surface area contributed by atoms with E-state index < -0.39 is 0 Å². The number of hydrogen-bond donors (Lipinski definition) is 2. The van der Waals surface area contributed by atoms with E-state index in [0.29, 0.717) is 6.04 Å². The average molecular weight is 268 g/mol. The van der Waals surface area contributed by atoms with E-state index in [1.807, 2.05) is 0 Å². The highest BCUT2D eigenvalue weighted by molar-refractivity contribution is 4.80. The molecule has 0 bridgehead atoms. The van der Waals surface area contributed by atoms with Gasteiger partial charge in [-0.1, -0.05) is 13.8 Å². The highest BCUT2D eigenvalue weighted by atomic mass is 16.3. The molecule has 1 saturated heterocycles. The van der Waals surface area contributed by atoms with Gasteiger partial charge in [0, 0.05) is 19.1 Å². The first-order chi connectivity index (χ1) is 9.15. The van der Waals surface area contributed by atoms with E-state index in [9.17, 15) is 5.11 Å². The van der Waals surface area contributed by atoms with E-state index in [4.69, 9.17) is 0 Å². The van der Waals surface area contributed by atoms with Gasteiger partial charge >= 0.3 is 0 Å². The Kier molecular flexibility index (Phi) is 6.11. The van der Waals surface area contributed by atoms with Gasteiger partial charge in [0.2, 0.25) is 0 Å². The Bertz CT molecular complexity index is 243. The van der Waals surface area contributed by atoms with E-state index in [-0.39, 0.29) is 6.10 Å². The summed E-state index contributed by atoms with van der Waals surface area (Å²) in [6, 6.07) is 0.642. The van der Waals surface area contributed by atoms with Gasteiger partial charge in [-0.2, -0.15) is 0 Å². The van der Waals surface area contributed by atoms with E-state index in [2.05, 4.69) is 24.1 Å². The van der Waals surface area contributed by atoms with Crippen LogP contribution in [0, 0.1) is 11.8 Å². The van der Waals surface area contributed by atoms with Crippen LogP contribution in [-0.2, 0) is 0 Å². The maximum absolute atomic E-state index is 10.1. The topological polar surface area (TPSA) is 35.5 Å². The zero-order chi connectivity index (χ0) is 13.7. The zero-order valence-corrected chi connectivity index (χ0v) is 12.8. The molecule has 0 radical (unpaired) electrons. The predicted octanol–water partition coefficient (Wildman–Crippen LogP) is 2.25. The fourth-order valence-corrected chi connectivity index (χ4v) is 3.62. The molecule has 2 N–H and O–H groups in total. The molecule has 1 heterocycles. The van der Waals surface area contributed by atoms with Gasteiger partial charge in [-0.3, -0.25) is 0 Å². The van der Waals surface area contributed by atoms with Crippen LogP contribution in [0.1, 0.15) is 52.4 Å². The van der Waals surface area contributed by atoms with Gasteiger partial charge in [0.05, 0.1) is 6.10 Å². The van der Waals surface area contributed by atoms with Crippen LogP contribution in [0.2, 0.25) is 0 Å². The molecule has 2 rings (SSSR count). The Morgan fingerprint density at radius 3 is 2.32 bits per heavy atom. The third kappa shape index (κ3) is 5.05. The van der Waals surface area contributed by atoms with Gasteiger partial charge in [0.15, 0.2) is 0 Å². The van der Waals surface area contributed by atoms with Gasteiger partial charge in [-0.25, -0.2) is 0 Å². The summed E-state index contributed by atoms with van der Waals surface area (Å²) < 4.78 is 0. The van der Waals surface area contributed by atoms with Crippen LogP contribution >= 0.6 is 0 Å². The van der Waals surface area contributed by atoms with Gasteiger partial charge in [-0.05, 0) is 63.5 Å². The van der Waals surface area contributed by atoms with Crippen molar-refractivity contribution in [3.05, 3.63) is 0 Å². The minimum absolute atomic E-state index is 0.194. The molecule has 0 spiro atoms. The van der Waals surface area contributed by atoms with Crippen molar-refractivity contribution in [1.82, 2.24) is 10.2 Å². The minimum atomic E-state index is -0.194. The molecule has 1 atom stereocenters. The minimum Gasteiger partial charge on any atom is -0.390 e.